The summed E-state index contributed by atoms with van der Waals surface area (Å²) in [6.45, 7) is 3.26. The molecule has 8 heteroatoms. The molecule has 0 aliphatic rings. The van der Waals surface area contributed by atoms with Gasteiger partial charge in [-0.05, 0) is 37.6 Å². The van der Waals surface area contributed by atoms with Crippen LogP contribution in [0.15, 0.2) is 24.3 Å². The molecule has 1 atom stereocenters. The maximum Gasteiger partial charge on any atom is 0.331 e. The number of methoxy groups -OCH3 is 1. The molecule has 0 aliphatic heterocycles. The molecule has 3 N–H and O–H groups in total. The Morgan fingerprint density at radius 3 is 2.68 bits per heavy atom. The molecule has 0 radical (unpaired) electrons. The van der Waals surface area contributed by atoms with Gasteiger partial charge in [0.2, 0.25) is 5.91 Å². The summed E-state index contributed by atoms with van der Waals surface area (Å²) in [7, 11) is 1.41. The summed E-state index contributed by atoms with van der Waals surface area (Å²) in [5.41, 5.74) is 0.612. The Bertz CT molecular complexity index is 657. The number of hydrogen-bond acceptors (Lipinski definition) is 6. The number of hydrogen-bond donors (Lipinski definition) is 3. The zero-order valence-corrected chi connectivity index (χ0v) is 14.4. The number of likely N-dealkylation sites (N-methyl/N-ethyl adjacent to an activating group) is 1. The highest BCUT2D eigenvalue weighted by Gasteiger charge is 2.15. The molecule has 8 nitrogen and oxygen atoms in total. The van der Waals surface area contributed by atoms with E-state index in [1.165, 1.54) is 26.2 Å². The van der Waals surface area contributed by atoms with Crippen molar-refractivity contribution in [3.8, 4) is 11.5 Å². The van der Waals surface area contributed by atoms with Crippen LogP contribution in [0, 0.1) is 0 Å². The molecular formula is C17H22N2O6. The number of carbonyl (C=O) groups is 3. The lowest BCUT2D eigenvalue weighted by atomic mass is 10.2. The summed E-state index contributed by atoms with van der Waals surface area (Å²) in [4.78, 5) is 34.7. The largest absolute Gasteiger partial charge is 0.504 e. The topological polar surface area (TPSA) is 114 Å². The van der Waals surface area contributed by atoms with Crippen LogP contribution < -0.4 is 15.4 Å². The molecule has 136 valence electrons. The molecule has 0 bridgehead atoms. The van der Waals surface area contributed by atoms with Crippen molar-refractivity contribution in [2.24, 2.45) is 0 Å². The molecule has 0 aliphatic carbocycles. The van der Waals surface area contributed by atoms with Gasteiger partial charge in [-0.3, -0.25) is 9.59 Å². The van der Waals surface area contributed by atoms with E-state index in [0.29, 0.717) is 12.1 Å². The highest BCUT2D eigenvalue weighted by molar-refractivity contribution is 5.91. The minimum absolute atomic E-state index is 0.0138. The molecule has 2 amide bonds. The smallest absolute Gasteiger partial charge is 0.331 e. The van der Waals surface area contributed by atoms with Crippen LogP contribution in [0.25, 0.3) is 6.08 Å². The Kier molecular flexibility index (Phi) is 7.98. The average molecular weight is 350 g/mol. The summed E-state index contributed by atoms with van der Waals surface area (Å²) < 4.78 is 9.76. The molecule has 0 heterocycles. The van der Waals surface area contributed by atoms with Gasteiger partial charge in [-0.25, -0.2) is 4.79 Å². The first-order chi connectivity index (χ1) is 11.9. The van der Waals surface area contributed by atoms with Gasteiger partial charge in [0.1, 0.15) is 6.04 Å². The van der Waals surface area contributed by atoms with Crippen molar-refractivity contribution in [2.45, 2.75) is 19.9 Å². The van der Waals surface area contributed by atoms with Crippen molar-refractivity contribution in [3.63, 3.8) is 0 Å². The van der Waals surface area contributed by atoms with E-state index in [2.05, 4.69) is 10.6 Å². The van der Waals surface area contributed by atoms with E-state index < -0.39 is 24.5 Å². The van der Waals surface area contributed by atoms with Crippen LogP contribution in [0.4, 0.5) is 0 Å². The predicted octanol–water partition coefficient (Wildman–Crippen LogP) is 0.598. The Balaban J connectivity index is 2.46. The summed E-state index contributed by atoms with van der Waals surface area (Å²) >= 11 is 0. The van der Waals surface area contributed by atoms with E-state index in [-0.39, 0.29) is 17.4 Å². The standard InChI is InChI=1S/C17H22N2O6/c1-4-18-17(23)11(2)19-15(21)10-25-16(22)8-6-12-5-7-13(20)14(9-12)24-3/h5-9,11,20H,4,10H2,1-3H3,(H,18,23)(H,19,21)/b8-6+/t11-/m0/s1. The van der Waals surface area contributed by atoms with E-state index in [0.717, 1.165) is 6.08 Å². The van der Waals surface area contributed by atoms with Crippen LogP contribution in [0.2, 0.25) is 0 Å². The Labute approximate surface area is 145 Å². The molecular weight excluding hydrogens is 328 g/mol. The Morgan fingerprint density at radius 1 is 1.32 bits per heavy atom. The van der Waals surface area contributed by atoms with Gasteiger partial charge in [-0.1, -0.05) is 6.07 Å². The van der Waals surface area contributed by atoms with Gasteiger partial charge in [0.05, 0.1) is 7.11 Å². The molecule has 0 saturated carbocycles. The van der Waals surface area contributed by atoms with E-state index in [9.17, 15) is 19.5 Å². The summed E-state index contributed by atoms with van der Waals surface area (Å²) in [5.74, 6) is -1.35. The number of nitrogens with one attached hydrogen (secondary N) is 2. The van der Waals surface area contributed by atoms with Gasteiger partial charge >= 0.3 is 5.97 Å². The number of ether oxygens (including phenoxy) is 2. The predicted molar refractivity (Wildman–Crippen MR) is 90.9 cm³/mol. The molecule has 1 aromatic rings. The fourth-order valence-electron chi connectivity index (χ4n) is 1.82. The molecule has 1 rings (SSSR count). The van der Waals surface area contributed by atoms with Gasteiger partial charge < -0.3 is 25.2 Å². The fraction of sp³-hybridized carbons (Fsp3) is 0.353. The lowest BCUT2D eigenvalue weighted by molar-refractivity contribution is -0.144. The van der Waals surface area contributed by atoms with E-state index >= 15 is 0 Å². The molecule has 0 saturated heterocycles. The monoisotopic (exact) mass is 350 g/mol. The number of benzene rings is 1. The van der Waals surface area contributed by atoms with Crippen LogP contribution in [0.1, 0.15) is 19.4 Å². The minimum atomic E-state index is -0.717. The first-order valence-corrected chi connectivity index (χ1v) is 7.66. The number of phenolic OH excluding ortho intramolecular Hbond substituents is 1. The maximum absolute atomic E-state index is 11.6. The van der Waals surface area contributed by atoms with Gasteiger partial charge in [0.15, 0.2) is 18.1 Å². The first kappa shape index (κ1) is 20.0. The summed E-state index contributed by atoms with van der Waals surface area (Å²) in [6, 6.07) is 3.84. The van der Waals surface area contributed by atoms with Gasteiger partial charge in [0, 0.05) is 12.6 Å². The lowest BCUT2D eigenvalue weighted by Gasteiger charge is -2.12. The minimum Gasteiger partial charge on any atom is -0.504 e. The van der Waals surface area contributed by atoms with Crippen LogP contribution >= 0.6 is 0 Å². The third-order valence-electron chi connectivity index (χ3n) is 3.08. The molecule has 25 heavy (non-hydrogen) atoms. The van der Waals surface area contributed by atoms with Gasteiger partial charge in [0.25, 0.3) is 5.91 Å². The summed E-state index contributed by atoms with van der Waals surface area (Å²) in [5, 5.41) is 14.5. The van der Waals surface area contributed by atoms with Crippen molar-refractivity contribution in [2.75, 3.05) is 20.3 Å². The van der Waals surface area contributed by atoms with Crippen LogP contribution in [-0.4, -0.2) is 49.2 Å². The SMILES string of the molecule is CCNC(=O)[C@H](C)NC(=O)COC(=O)/C=C/c1ccc(O)c(OC)c1. The first-order valence-electron chi connectivity index (χ1n) is 7.66. The third kappa shape index (κ3) is 6.94. The number of rotatable bonds is 8. The van der Waals surface area contributed by atoms with Gasteiger partial charge in [-0.15, -0.1) is 0 Å². The highest BCUT2D eigenvalue weighted by atomic mass is 16.5. The van der Waals surface area contributed by atoms with E-state index in [1.54, 1.807) is 19.1 Å². The van der Waals surface area contributed by atoms with Crippen LogP contribution in [0.3, 0.4) is 0 Å². The maximum atomic E-state index is 11.6. The number of phenols is 1. The second kappa shape index (κ2) is 9.96. The third-order valence-corrected chi connectivity index (χ3v) is 3.08. The van der Waals surface area contributed by atoms with Crippen LogP contribution in [0.5, 0.6) is 11.5 Å². The quantitative estimate of drug-likeness (QED) is 0.467. The second-order valence-electron chi connectivity index (χ2n) is 5.06. The van der Waals surface area contributed by atoms with E-state index in [1.807, 2.05) is 0 Å². The second-order valence-corrected chi connectivity index (χ2v) is 5.06. The molecule has 0 unspecified atom stereocenters. The fourth-order valence-corrected chi connectivity index (χ4v) is 1.82. The number of carbonyl (C=O) groups excluding carboxylic acids is 3. The van der Waals surface area contributed by atoms with Crippen LogP contribution in [-0.2, 0) is 19.1 Å². The number of esters is 1. The average Bonchev–Trinajstić information content (AvgIpc) is 2.59. The van der Waals surface area contributed by atoms with Crippen molar-refractivity contribution >= 4 is 23.9 Å². The Morgan fingerprint density at radius 2 is 2.04 bits per heavy atom. The molecule has 0 spiro atoms. The zero-order valence-electron chi connectivity index (χ0n) is 14.4. The number of aromatic hydroxyl groups is 1. The normalized spacial score (nSPS) is 11.6. The van der Waals surface area contributed by atoms with Crippen molar-refractivity contribution < 1.29 is 29.0 Å². The lowest BCUT2D eigenvalue weighted by Crippen LogP contribution is -2.46. The van der Waals surface area contributed by atoms with Crippen molar-refractivity contribution in [1.29, 1.82) is 0 Å². The van der Waals surface area contributed by atoms with Gasteiger partial charge in [-0.2, -0.15) is 0 Å². The van der Waals surface area contributed by atoms with E-state index in [4.69, 9.17) is 9.47 Å². The highest BCUT2D eigenvalue weighted by Crippen LogP contribution is 2.26. The molecule has 0 aromatic heterocycles. The zero-order chi connectivity index (χ0) is 18.8. The van der Waals surface area contributed by atoms with Crippen molar-refractivity contribution in [1.82, 2.24) is 10.6 Å². The molecule has 1 aromatic carbocycles. The summed E-state index contributed by atoms with van der Waals surface area (Å²) in [6.07, 6.45) is 2.60. The Hall–Kier alpha value is -3.03. The molecule has 0 fully saturated rings. The number of amides is 2. The van der Waals surface area contributed by atoms with Crippen molar-refractivity contribution in [3.05, 3.63) is 29.8 Å².